The van der Waals surface area contributed by atoms with E-state index in [1.54, 1.807) is 43.3 Å². The number of nitrogens with one attached hydrogen (secondary N) is 1. The van der Waals surface area contributed by atoms with Crippen LogP contribution in [0.15, 0.2) is 77.7 Å². The number of hydrogen-bond donors (Lipinski definition) is 1. The van der Waals surface area contributed by atoms with Gasteiger partial charge in [-0.15, -0.1) is 0 Å². The molecule has 0 aliphatic carbocycles. The molecule has 0 fully saturated rings. The Balaban J connectivity index is 1.77. The molecule has 2 aromatic heterocycles. The van der Waals surface area contributed by atoms with Crippen LogP contribution in [-0.2, 0) is 10.0 Å². The van der Waals surface area contributed by atoms with Crippen molar-refractivity contribution in [1.82, 2.24) is 14.8 Å². The highest BCUT2D eigenvalue weighted by Crippen LogP contribution is 2.21. The second-order valence-electron chi connectivity index (χ2n) is 5.86. The molecule has 7 heteroatoms. The third-order valence-electron chi connectivity index (χ3n) is 3.92. The van der Waals surface area contributed by atoms with E-state index in [0.717, 1.165) is 10.9 Å². The Bertz CT molecular complexity index is 1180. The van der Waals surface area contributed by atoms with Crippen LogP contribution in [0.1, 0.15) is 5.69 Å². The van der Waals surface area contributed by atoms with Gasteiger partial charge < -0.3 is 0 Å². The van der Waals surface area contributed by atoms with Crippen molar-refractivity contribution >= 4 is 26.7 Å². The van der Waals surface area contributed by atoms with Crippen molar-refractivity contribution in [2.24, 2.45) is 0 Å². The Labute approximate surface area is 151 Å². The van der Waals surface area contributed by atoms with E-state index in [4.69, 9.17) is 0 Å². The van der Waals surface area contributed by atoms with Gasteiger partial charge in [-0.2, -0.15) is 9.78 Å². The second kappa shape index (κ2) is 6.27. The molecule has 0 unspecified atom stereocenters. The van der Waals surface area contributed by atoms with Crippen molar-refractivity contribution in [3.63, 3.8) is 0 Å². The maximum absolute atomic E-state index is 12.6. The highest BCUT2D eigenvalue weighted by Gasteiger charge is 2.18. The second-order valence-corrected chi connectivity index (χ2v) is 7.55. The predicted octanol–water partition coefficient (Wildman–Crippen LogP) is 3.53. The van der Waals surface area contributed by atoms with Crippen LogP contribution in [0.25, 0.3) is 16.7 Å². The molecule has 0 bridgehead atoms. The summed E-state index contributed by atoms with van der Waals surface area (Å²) in [5.74, 6) is 0.886. The highest BCUT2D eigenvalue weighted by atomic mass is 32.2. The molecule has 1 N–H and O–H groups in total. The van der Waals surface area contributed by atoms with Crippen molar-refractivity contribution in [2.75, 3.05) is 4.72 Å². The molecular formula is C19H16N4O2S. The monoisotopic (exact) mass is 364 g/mol. The number of hydrogen-bond acceptors (Lipinski definition) is 4. The summed E-state index contributed by atoms with van der Waals surface area (Å²) in [5.41, 5.74) is 1.50. The van der Waals surface area contributed by atoms with E-state index in [1.165, 1.54) is 4.68 Å². The van der Waals surface area contributed by atoms with E-state index in [1.807, 2.05) is 36.4 Å². The Morgan fingerprint density at radius 2 is 1.65 bits per heavy atom. The van der Waals surface area contributed by atoms with Crippen LogP contribution >= 0.6 is 0 Å². The zero-order valence-electron chi connectivity index (χ0n) is 14.0. The first-order valence-corrected chi connectivity index (χ1v) is 9.52. The SMILES string of the molecule is Cc1cc(NS(=O)(=O)c2ccccc2)n(-c2ccc3ccccc3n2)n1. The summed E-state index contributed by atoms with van der Waals surface area (Å²) in [4.78, 5) is 4.78. The average molecular weight is 364 g/mol. The first-order chi connectivity index (χ1) is 12.5. The van der Waals surface area contributed by atoms with Gasteiger partial charge in [0.1, 0.15) is 5.82 Å². The van der Waals surface area contributed by atoms with Gasteiger partial charge in [-0.3, -0.25) is 4.72 Å². The Hall–Kier alpha value is -3.19. The molecule has 0 atom stereocenters. The summed E-state index contributed by atoms with van der Waals surface area (Å²) in [5, 5.41) is 5.40. The van der Waals surface area contributed by atoms with Crippen molar-refractivity contribution in [1.29, 1.82) is 0 Å². The number of pyridine rings is 1. The van der Waals surface area contributed by atoms with Gasteiger partial charge >= 0.3 is 0 Å². The molecule has 130 valence electrons. The summed E-state index contributed by atoms with van der Waals surface area (Å²) in [6, 6.07) is 21.4. The zero-order chi connectivity index (χ0) is 18.1. The van der Waals surface area contributed by atoms with Gasteiger partial charge in [-0.05, 0) is 37.3 Å². The van der Waals surface area contributed by atoms with E-state index in [9.17, 15) is 8.42 Å². The van der Waals surface area contributed by atoms with Gasteiger partial charge in [0.15, 0.2) is 5.82 Å². The topological polar surface area (TPSA) is 76.9 Å². The largest absolute Gasteiger partial charge is 0.263 e. The maximum Gasteiger partial charge on any atom is 0.263 e. The lowest BCUT2D eigenvalue weighted by molar-refractivity contribution is 0.600. The van der Waals surface area contributed by atoms with Crippen LogP contribution < -0.4 is 4.72 Å². The standard InChI is InChI=1S/C19H16N4O2S/c1-14-13-19(22-26(24,25)16-8-3-2-4-9-16)23(21-14)18-12-11-15-7-5-6-10-17(15)20-18/h2-13,22H,1H3. The van der Waals surface area contributed by atoms with Gasteiger partial charge in [0.2, 0.25) is 0 Å². The summed E-state index contributed by atoms with van der Waals surface area (Å²) in [6.45, 7) is 1.80. The minimum absolute atomic E-state index is 0.192. The van der Waals surface area contributed by atoms with Gasteiger partial charge in [-0.25, -0.2) is 13.4 Å². The number of para-hydroxylation sites is 1. The molecule has 4 rings (SSSR count). The fourth-order valence-corrected chi connectivity index (χ4v) is 3.77. The molecule has 2 aromatic carbocycles. The first-order valence-electron chi connectivity index (χ1n) is 8.04. The Morgan fingerprint density at radius 1 is 0.923 bits per heavy atom. The van der Waals surface area contributed by atoms with Gasteiger partial charge in [-0.1, -0.05) is 36.4 Å². The van der Waals surface area contributed by atoms with Crippen LogP contribution in [0, 0.1) is 6.92 Å². The summed E-state index contributed by atoms with van der Waals surface area (Å²) < 4.78 is 29.4. The summed E-state index contributed by atoms with van der Waals surface area (Å²) >= 11 is 0. The molecule has 0 saturated carbocycles. The van der Waals surface area contributed by atoms with Crippen LogP contribution in [0.3, 0.4) is 0 Å². The molecule has 26 heavy (non-hydrogen) atoms. The third kappa shape index (κ3) is 3.04. The lowest BCUT2D eigenvalue weighted by Gasteiger charge is -2.10. The fourth-order valence-electron chi connectivity index (χ4n) is 2.72. The van der Waals surface area contributed by atoms with Crippen LogP contribution in [0.5, 0.6) is 0 Å². The van der Waals surface area contributed by atoms with Crippen LogP contribution in [-0.4, -0.2) is 23.2 Å². The number of benzene rings is 2. The molecular weight excluding hydrogens is 348 g/mol. The van der Waals surface area contributed by atoms with Crippen molar-refractivity contribution in [3.8, 4) is 5.82 Å². The van der Waals surface area contributed by atoms with Gasteiger partial charge in [0, 0.05) is 11.5 Å². The van der Waals surface area contributed by atoms with E-state index in [0.29, 0.717) is 17.3 Å². The normalized spacial score (nSPS) is 11.6. The number of sulfonamides is 1. The molecule has 0 radical (unpaired) electrons. The van der Waals surface area contributed by atoms with Crippen molar-refractivity contribution in [2.45, 2.75) is 11.8 Å². The predicted molar refractivity (Wildman–Crippen MR) is 101 cm³/mol. The molecule has 2 heterocycles. The summed E-state index contributed by atoms with van der Waals surface area (Å²) in [7, 11) is -3.71. The first kappa shape index (κ1) is 16.3. The number of rotatable bonds is 4. The van der Waals surface area contributed by atoms with Gasteiger partial charge in [0.25, 0.3) is 10.0 Å². The van der Waals surface area contributed by atoms with Crippen LogP contribution in [0.2, 0.25) is 0 Å². The number of anilines is 1. The lowest BCUT2D eigenvalue weighted by atomic mass is 10.2. The Kier molecular flexibility index (Phi) is 3.93. The smallest absolute Gasteiger partial charge is 0.263 e. The van der Waals surface area contributed by atoms with E-state index in [2.05, 4.69) is 14.8 Å². The third-order valence-corrected chi connectivity index (χ3v) is 5.30. The summed E-state index contributed by atoms with van der Waals surface area (Å²) in [6.07, 6.45) is 0. The average Bonchev–Trinajstić information content (AvgIpc) is 3.01. The number of fused-ring (bicyclic) bond motifs is 1. The molecule has 0 saturated heterocycles. The zero-order valence-corrected chi connectivity index (χ0v) is 14.8. The quantitative estimate of drug-likeness (QED) is 0.601. The van der Waals surface area contributed by atoms with Crippen LogP contribution in [0.4, 0.5) is 5.82 Å². The highest BCUT2D eigenvalue weighted by molar-refractivity contribution is 7.92. The molecule has 4 aromatic rings. The molecule has 0 spiro atoms. The minimum atomic E-state index is -3.71. The van der Waals surface area contributed by atoms with Crippen molar-refractivity contribution in [3.05, 3.63) is 78.5 Å². The molecule has 0 amide bonds. The number of aryl methyl sites for hydroxylation is 1. The minimum Gasteiger partial charge on any atom is -0.263 e. The number of nitrogens with zero attached hydrogens (tertiary/aromatic N) is 3. The lowest BCUT2D eigenvalue weighted by Crippen LogP contribution is -2.16. The number of aromatic nitrogens is 3. The Morgan fingerprint density at radius 3 is 2.46 bits per heavy atom. The van der Waals surface area contributed by atoms with Crippen molar-refractivity contribution < 1.29 is 8.42 Å². The molecule has 0 aliphatic rings. The molecule has 6 nitrogen and oxygen atoms in total. The fraction of sp³-hybridized carbons (Fsp3) is 0.0526. The maximum atomic E-state index is 12.6. The van der Waals surface area contributed by atoms with E-state index < -0.39 is 10.0 Å². The van der Waals surface area contributed by atoms with E-state index in [-0.39, 0.29) is 4.90 Å². The van der Waals surface area contributed by atoms with Gasteiger partial charge in [0.05, 0.1) is 16.1 Å². The van der Waals surface area contributed by atoms with E-state index >= 15 is 0 Å². The molecule has 0 aliphatic heterocycles.